The third kappa shape index (κ3) is 4.07. The van der Waals surface area contributed by atoms with Crippen LogP contribution in [0.3, 0.4) is 0 Å². The van der Waals surface area contributed by atoms with Gasteiger partial charge in [-0.25, -0.2) is 0 Å². The number of nitro benzene ring substituents is 1. The number of nitro groups is 1. The van der Waals surface area contributed by atoms with E-state index in [2.05, 4.69) is 10.3 Å². The number of halogens is 2. The molecule has 126 valence electrons. The first kappa shape index (κ1) is 17.2. The molecule has 25 heavy (non-hydrogen) atoms. The molecule has 0 bridgehead atoms. The Morgan fingerprint density at radius 1 is 1.00 bits per heavy atom. The van der Waals surface area contributed by atoms with Crippen LogP contribution in [0.2, 0.25) is 10.0 Å². The van der Waals surface area contributed by atoms with E-state index >= 15 is 0 Å². The molecular weight excluding hydrogens is 361 g/mol. The predicted molar refractivity (Wildman–Crippen MR) is 100 cm³/mol. The van der Waals surface area contributed by atoms with E-state index in [4.69, 9.17) is 23.2 Å². The first-order valence-electron chi connectivity index (χ1n) is 7.41. The fraction of sp³-hybridized carbons (Fsp3) is 0.0556. The van der Waals surface area contributed by atoms with E-state index in [1.807, 2.05) is 12.1 Å². The predicted octanol–water partition coefficient (Wildman–Crippen LogP) is 5.58. The molecule has 0 fully saturated rings. The maximum atomic E-state index is 11.3. The van der Waals surface area contributed by atoms with Crippen LogP contribution in [-0.2, 0) is 6.54 Å². The highest BCUT2D eigenvalue weighted by Gasteiger charge is 2.15. The molecule has 0 amide bonds. The molecular formula is C18H13Cl2N3O2. The average molecular weight is 374 g/mol. The largest absolute Gasteiger partial charge is 0.375 e. The van der Waals surface area contributed by atoms with Gasteiger partial charge in [-0.05, 0) is 59.2 Å². The van der Waals surface area contributed by atoms with Crippen LogP contribution in [0.4, 0.5) is 11.4 Å². The van der Waals surface area contributed by atoms with Gasteiger partial charge in [-0.15, -0.1) is 0 Å². The van der Waals surface area contributed by atoms with E-state index in [0.717, 1.165) is 16.7 Å². The van der Waals surface area contributed by atoms with Crippen molar-refractivity contribution in [2.75, 3.05) is 5.32 Å². The van der Waals surface area contributed by atoms with Crippen LogP contribution in [-0.4, -0.2) is 9.91 Å². The second-order valence-corrected chi connectivity index (χ2v) is 6.16. The van der Waals surface area contributed by atoms with Gasteiger partial charge in [-0.3, -0.25) is 15.1 Å². The molecule has 0 aliphatic rings. The van der Waals surface area contributed by atoms with Crippen LogP contribution >= 0.6 is 23.2 Å². The van der Waals surface area contributed by atoms with Gasteiger partial charge in [-0.2, -0.15) is 0 Å². The molecule has 1 heterocycles. The second-order valence-electron chi connectivity index (χ2n) is 5.31. The smallest absolute Gasteiger partial charge is 0.292 e. The van der Waals surface area contributed by atoms with E-state index in [-0.39, 0.29) is 5.69 Å². The van der Waals surface area contributed by atoms with Gasteiger partial charge in [0.05, 0.1) is 4.92 Å². The summed E-state index contributed by atoms with van der Waals surface area (Å²) in [5.41, 5.74) is 2.95. The molecule has 0 aliphatic carbocycles. The van der Waals surface area contributed by atoms with Gasteiger partial charge in [0.1, 0.15) is 5.69 Å². The summed E-state index contributed by atoms with van der Waals surface area (Å²) < 4.78 is 0. The van der Waals surface area contributed by atoms with Gasteiger partial charge < -0.3 is 5.32 Å². The molecule has 0 atom stereocenters. The molecule has 1 N–H and O–H groups in total. The highest BCUT2D eigenvalue weighted by atomic mass is 35.5. The van der Waals surface area contributed by atoms with Gasteiger partial charge in [0.15, 0.2) is 0 Å². The number of nitrogens with one attached hydrogen (secondary N) is 1. The molecule has 0 spiro atoms. The molecule has 2 aromatic carbocycles. The summed E-state index contributed by atoms with van der Waals surface area (Å²) in [4.78, 5) is 14.9. The van der Waals surface area contributed by atoms with E-state index in [0.29, 0.717) is 22.3 Å². The molecule has 0 unspecified atom stereocenters. The number of benzene rings is 2. The third-order valence-corrected chi connectivity index (χ3v) is 4.29. The summed E-state index contributed by atoms with van der Waals surface area (Å²) >= 11 is 12.1. The number of nitrogens with zero attached hydrogens (tertiary/aromatic N) is 2. The van der Waals surface area contributed by atoms with Crippen LogP contribution < -0.4 is 5.32 Å². The van der Waals surface area contributed by atoms with Crippen LogP contribution in [0.25, 0.3) is 11.1 Å². The Kier molecular flexibility index (Phi) is 5.16. The summed E-state index contributed by atoms with van der Waals surface area (Å²) in [5, 5.41) is 15.5. The highest BCUT2D eigenvalue weighted by molar-refractivity contribution is 6.33. The van der Waals surface area contributed by atoms with Crippen LogP contribution in [0.5, 0.6) is 0 Å². The molecule has 5 nitrogen and oxygen atoms in total. The zero-order valence-corrected chi connectivity index (χ0v) is 14.5. The normalized spacial score (nSPS) is 10.5. The Morgan fingerprint density at radius 2 is 1.76 bits per heavy atom. The zero-order chi connectivity index (χ0) is 17.8. The van der Waals surface area contributed by atoms with Crippen molar-refractivity contribution in [3.05, 3.63) is 86.6 Å². The molecule has 7 heteroatoms. The topological polar surface area (TPSA) is 68.1 Å². The number of pyridine rings is 1. The van der Waals surface area contributed by atoms with Crippen molar-refractivity contribution in [1.82, 2.24) is 4.98 Å². The Morgan fingerprint density at radius 3 is 2.48 bits per heavy atom. The summed E-state index contributed by atoms with van der Waals surface area (Å²) in [6, 6.07) is 13.8. The number of hydrogen-bond donors (Lipinski definition) is 1. The summed E-state index contributed by atoms with van der Waals surface area (Å²) in [5.74, 6) is 0. The summed E-state index contributed by atoms with van der Waals surface area (Å²) in [7, 11) is 0. The lowest BCUT2D eigenvalue weighted by molar-refractivity contribution is -0.384. The average Bonchev–Trinajstić information content (AvgIpc) is 2.63. The van der Waals surface area contributed by atoms with Crippen molar-refractivity contribution >= 4 is 34.6 Å². The molecule has 0 radical (unpaired) electrons. The van der Waals surface area contributed by atoms with E-state index in [1.165, 1.54) is 6.07 Å². The van der Waals surface area contributed by atoms with Crippen LogP contribution in [0, 0.1) is 10.1 Å². The van der Waals surface area contributed by atoms with Gasteiger partial charge >= 0.3 is 0 Å². The number of hydrogen-bond acceptors (Lipinski definition) is 4. The molecule has 0 saturated carbocycles. The van der Waals surface area contributed by atoms with Crippen molar-refractivity contribution in [2.24, 2.45) is 0 Å². The molecule has 0 saturated heterocycles. The zero-order valence-electron chi connectivity index (χ0n) is 12.9. The number of rotatable bonds is 5. The highest BCUT2D eigenvalue weighted by Crippen LogP contribution is 2.31. The van der Waals surface area contributed by atoms with Gasteiger partial charge in [0.2, 0.25) is 0 Å². The Hall–Kier alpha value is -2.63. The van der Waals surface area contributed by atoms with Crippen molar-refractivity contribution in [3.8, 4) is 11.1 Å². The van der Waals surface area contributed by atoms with E-state index < -0.39 is 4.92 Å². The monoisotopic (exact) mass is 373 g/mol. The van der Waals surface area contributed by atoms with Crippen LogP contribution in [0.1, 0.15) is 5.56 Å². The first-order chi connectivity index (χ1) is 12.0. The first-order valence-corrected chi connectivity index (χ1v) is 8.17. The van der Waals surface area contributed by atoms with Crippen LogP contribution in [0.15, 0.2) is 60.9 Å². The molecule has 3 aromatic rings. The minimum atomic E-state index is -0.418. The lowest BCUT2D eigenvalue weighted by Crippen LogP contribution is -2.03. The lowest BCUT2D eigenvalue weighted by atomic mass is 10.1. The maximum absolute atomic E-state index is 11.3. The van der Waals surface area contributed by atoms with Crippen molar-refractivity contribution in [2.45, 2.75) is 6.54 Å². The van der Waals surface area contributed by atoms with Crippen molar-refractivity contribution in [1.29, 1.82) is 0 Å². The van der Waals surface area contributed by atoms with Gasteiger partial charge in [0, 0.05) is 35.1 Å². The number of anilines is 1. The number of aromatic nitrogens is 1. The molecule has 1 aromatic heterocycles. The van der Waals surface area contributed by atoms with Gasteiger partial charge in [-0.1, -0.05) is 23.2 Å². The van der Waals surface area contributed by atoms with Gasteiger partial charge in [0.25, 0.3) is 5.69 Å². The summed E-state index contributed by atoms with van der Waals surface area (Å²) in [6.45, 7) is 0.319. The minimum Gasteiger partial charge on any atom is -0.375 e. The minimum absolute atomic E-state index is 0.00374. The Bertz CT molecular complexity index is 917. The quantitative estimate of drug-likeness (QED) is 0.468. The third-order valence-electron chi connectivity index (χ3n) is 3.68. The molecule has 3 rings (SSSR count). The second kappa shape index (κ2) is 7.51. The summed E-state index contributed by atoms with van der Waals surface area (Å²) in [6.07, 6.45) is 3.35. The Balaban J connectivity index is 1.93. The lowest BCUT2D eigenvalue weighted by Gasteiger charge is -2.11. The molecule has 0 aliphatic heterocycles. The Labute approximate surface area is 154 Å². The van der Waals surface area contributed by atoms with E-state index in [9.17, 15) is 10.1 Å². The standard InChI is InChI=1S/C18H13Cl2N3O2/c19-15-2-3-16(20)14(9-15)11-22-17-10-13(1-4-18(17)23(24)25)12-5-7-21-8-6-12/h1-10,22H,11H2. The van der Waals surface area contributed by atoms with E-state index in [1.54, 1.807) is 42.7 Å². The SMILES string of the molecule is O=[N+]([O-])c1ccc(-c2ccncc2)cc1NCc1cc(Cl)ccc1Cl. The fourth-order valence-electron chi connectivity index (χ4n) is 2.43. The van der Waals surface area contributed by atoms with Crippen molar-refractivity contribution in [3.63, 3.8) is 0 Å². The maximum Gasteiger partial charge on any atom is 0.292 e. The van der Waals surface area contributed by atoms with Crippen molar-refractivity contribution < 1.29 is 4.92 Å². The fourth-order valence-corrected chi connectivity index (χ4v) is 2.81.